The van der Waals surface area contributed by atoms with Crippen molar-refractivity contribution in [1.29, 1.82) is 0 Å². The maximum atomic E-state index is 12.0. The first-order valence-electron chi connectivity index (χ1n) is 6.18. The lowest BCUT2D eigenvalue weighted by atomic mass is 10.2. The van der Waals surface area contributed by atoms with E-state index in [9.17, 15) is 14.4 Å². The Balaban J connectivity index is 2.45. The van der Waals surface area contributed by atoms with Gasteiger partial charge >= 0.3 is 17.2 Å². The minimum atomic E-state index is -0.778. The van der Waals surface area contributed by atoms with Crippen LogP contribution in [0.25, 0.3) is 21.9 Å². The third kappa shape index (κ3) is 1.94. The summed E-state index contributed by atoms with van der Waals surface area (Å²) in [6.07, 6.45) is 1.07. The van der Waals surface area contributed by atoms with Crippen molar-refractivity contribution in [3.8, 4) is 0 Å². The molecule has 3 aromatic heterocycles. The molecule has 0 amide bonds. The Morgan fingerprint density at radius 3 is 2.62 bits per heavy atom. The Hall–Kier alpha value is -2.83. The maximum absolute atomic E-state index is 12.0. The number of esters is 1. The SMILES string of the molecule is CCOC(=O)c1coc2c1c(=O)oc1cc(C)oc(=O)c12. The van der Waals surface area contributed by atoms with Gasteiger partial charge in [0.25, 0.3) is 0 Å². The van der Waals surface area contributed by atoms with Gasteiger partial charge in [0.2, 0.25) is 0 Å². The van der Waals surface area contributed by atoms with E-state index in [1.54, 1.807) is 13.8 Å². The summed E-state index contributed by atoms with van der Waals surface area (Å²) in [7, 11) is 0. The molecule has 0 saturated carbocycles. The Morgan fingerprint density at radius 1 is 1.19 bits per heavy atom. The highest BCUT2D eigenvalue weighted by molar-refractivity contribution is 6.09. The Morgan fingerprint density at radius 2 is 1.90 bits per heavy atom. The van der Waals surface area contributed by atoms with Crippen molar-refractivity contribution in [1.82, 2.24) is 0 Å². The van der Waals surface area contributed by atoms with Crippen LogP contribution in [0.15, 0.2) is 35.2 Å². The second-order valence-electron chi connectivity index (χ2n) is 4.35. The molecule has 0 aliphatic rings. The van der Waals surface area contributed by atoms with E-state index in [4.69, 9.17) is 18.0 Å². The average Bonchev–Trinajstić information content (AvgIpc) is 2.83. The Kier molecular flexibility index (Phi) is 2.90. The van der Waals surface area contributed by atoms with Crippen LogP contribution in [0.1, 0.15) is 23.0 Å². The summed E-state index contributed by atoms with van der Waals surface area (Å²) < 4.78 is 20.1. The van der Waals surface area contributed by atoms with E-state index < -0.39 is 17.2 Å². The van der Waals surface area contributed by atoms with Gasteiger partial charge in [0, 0.05) is 6.07 Å². The molecule has 21 heavy (non-hydrogen) atoms. The first kappa shape index (κ1) is 13.2. The maximum Gasteiger partial charge on any atom is 0.350 e. The minimum absolute atomic E-state index is 0.0225. The van der Waals surface area contributed by atoms with Crippen LogP contribution >= 0.6 is 0 Å². The molecule has 0 saturated heterocycles. The number of ether oxygens (including phenoxy) is 1. The van der Waals surface area contributed by atoms with Gasteiger partial charge in [-0.3, -0.25) is 0 Å². The van der Waals surface area contributed by atoms with Gasteiger partial charge < -0.3 is 18.0 Å². The monoisotopic (exact) mass is 290 g/mol. The molecule has 0 aliphatic heterocycles. The summed E-state index contributed by atoms with van der Waals surface area (Å²) in [5.74, 6) is -0.424. The molecule has 0 fully saturated rings. The summed E-state index contributed by atoms with van der Waals surface area (Å²) in [5.41, 5.74) is -1.56. The molecule has 0 unspecified atom stereocenters. The van der Waals surface area contributed by atoms with Crippen molar-refractivity contribution in [3.05, 3.63) is 44.5 Å². The summed E-state index contributed by atoms with van der Waals surface area (Å²) in [6, 6.07) is 1.41. The molecule has 7 heteroatoms. The van der Waals surface area contributed by atoms with Gasteiger partial charge in [-0.2, -0.15) is 0 Å². The van der Waals surface area contributed by atoms with Crippen LogP contribution in [-0.4, -0.2) is 12.6 Å². The summed E-state index contributed by atoms with van der Waals surface area (Å²) in [5, 5.41) is -0.150. The van der Waals surface area contributed by atoms with Crippen molar-refractivity contribution in [2.75, 3.05) is 6.61 Å². The van der Waals surface area contributed by atoms with Gasteiger partial charge in [-0.1, -0.05) is 0 Å². The van der Waals surface area contributed by atoms with Crippen molar-refractivity contribution in [2.24, 2.45) is 0 Å². The van der Waals surface area contributed by atoms with E-state index in [0.717, 1.165) is 6.26 Å². The Labute approximate surface area is 116 Å². The van der Waals surface area contributed by atoms with Crippen LogP contribution < -0.4 is 11.3 Å². The number of aryl methyl sites for hydroxylation is 1. The quantitative estimate of drug-likeness (QED) is 0.665. The van der Waals surface area contributed by atoms with Gasteiger partial charge in [0.1, 0.15) is 28.4 Å². The normalized spacial score (nSPS) is 11.1. The number of carbonyl (C=O) groups is 1. The second-order valence-corrected chi connectivity index (χ2v) is 4.35. The number of hydrogen-bond donors (Lipinski definition) is 0. The molecule has 0 bridgehead atoms. The molecule has 7 nitrogen and oxygen atoms in total. The van der Waals surface area contributed by atoms with E-state index in [0.29, 0.717) is 5.76 Å². The van der Waals surface area contributed by atoms with Crippen LogP contribution in [0.5, 0.6) is 0 Å². The van der Waals surface area contributed by atoms with E-state index in [-0.39, 0.29) is 34.1 Å². The minimum Gasteiger partial charge on any atom is -0.462 e. The van der Waals surface area contributed by atoms with Crippen molar-refractivity contribution in [2.45, 2.75) is 13.8 Å². The second kappa shape index (κ2) is 4.62. The average molecular weight is 290 g/mol. The van der Waals surface area contributed by atoms with Crippen LogP contribution in [-0.2, 0) is 4.74 Å². The fraction of sp³-hybridized carbons (Fsp3) is 0.214. The summed E-state index contributed by atoms with van der Waals surface area (Å²) in [6.45, 7) is 3.33. The molecule has 3 heterocycles. The van der Waals surface area contributed by atoms with Gasteiger partial charge in [0.05, 0.1) is 6.61 Å². The van der Waals surface area contributed by atoms with Crippen molar-refractivity contribution < 1.29 is 22.8 Å². The van der Waals surface area contributed by atoms with Crippen LogP contribution in [0.4, 0.5) is 0 Å². The van der Waals surface area contributed by atoms with Gasteiger partial charge in [-0.15, -0.1) is 0 Å². The molecule has 3 rings (SSSR count). The first-order chi connectivity index (χ1) is 10.0. The molecule has 0 N–H and O–H groups in total. The predicted molar refractivity (Wildman–Crippen MR) is 71.5 cm³/mol. The van der Waals surface area contributed by atoms with E-state index in [1.165, 1.54) is 6.07 Å². The van der Waals surface area contributed by atoms with Gasteiger partial charge in [0.15, 0.2) is 11.2 Å². The lowest BCUT2D eigenvalue weighted by molar-refractivity contribution is 0.0527. The van der Waals surface area contributed by atoms with E-state index in [1.807, 2.05) is 0 Å². The third-order valence-electron chi connectivity index (χ3n) is 2.96. The number of hydrogen-bond acceptors (Lipinski definition) is 7. The molecule has 0 radical (unpaired) electrons. The zero-order valence-corrected chi connectivity index (χ0v) is 11.2. The zero-order chi connectivity index (χ0) is 15.1. The summed E-state index contributed by atoms with van der Waals surface area (Å²) in [4.78, 5) is 35.7. The lowest BCUT2D eigenvalue weighted by Crippen LogP contribution is -2.10. The highest BCUT2D eigenvalue weighted by Crippen LogP contribution is 2.25. The van der Waals surface area contributed by atoms with Crippen LogP contribution in [0.3, 0.4) is 0 Å². The fourth-order valence-electron chi connectivity index (χ4n) is 2.12. The van der Waals surface area contributed by atoms with E-state index in [2.05, 4.69) is 0 Å². The molecule has 0 atom stereocenters. The van der Waals surface area contributed by atoms with Gasteiger partial charge in [-0.05, 0) is 13.8 Å². The molecule has 108 valence electrons. The van der Waals surface area contributed by atoms with Gasteiger partial charge in [-0.25, -0.2) is 14.4 Å². The largest absolute Gasteiger partial charge is 0.462 e. The number of rotatable bonds is 2. The lowest BCUT2D eigenvalue weighted by Gasteiger charge is -1.99. The highest BCUT2D eigenvalue weighted by atomic mass is 16.5. The van der Waals surface area contributed by atoms with Crippen molar-refractivity contribution in [3.63, 3.8) is 0 Å². The molecular formula is C14H10O7. The molecule has 3 aromatic rings. The standard InChI is InChI=1S/C14H10O7/c1-3-18-12(15)7-5-19-11-9(7)13(16)21-8-4-6(2)20-14(17)10(8)11/h4-5H,3H2,1-2H3. The third-order valence-corrected chi connectivity index (χ3v) is 2.96. The molecule has 0 spiro atoms. The molecule has 0 aliphatic carbocycles. The Bertz CT molecular complexity index is 971. The number of furan rings is 1. The smallest absolute Gasteiger partial charge is 0.350 e. The van der Waals surface area contributed by atoms with Crippen LogP contribution in [0.2, 0.25) is 0 Å². The fourth-order valence-corrected chi connectivity index (χ4v) is 2.12. The van der Waals surface area contributed by atoms with E-state index >= 15 is 0 Å². The van der Waals surface area contributed by atoms with Crippen LogP contribution in [0, 0.1) is 6.92 Å². The highest BCUT2D eigenvalue weighted by Gasteiger charge is 2.23. The van der Waals surface area contributed by atoms with Crippen molar-refractivity contribution >= 4 is 27.9 Å². The topological polar surface area (TPSA) is 99.9 Å². The number of fused-ring (bicyclic) bond motifs is 3. The first-order valence-corrected chi connectivity index (χ1v) is 6.18. The predicted octanol–water partition coefficient (Wildman–Crippen LogP) is 1.98. The molecular weight excluding hydrogens is 280 g/mol. The number of carbonyl (C=O) groups excluding carboxylic acids is 1. The summed E-state index contributed by atoms with van der Waals surface area (Å²) >= 11 is 0. The zero-order valence-electron chi connectivity index (χ0n) is 11.2. The molecule has 0 aromatic carbocycles.